The predicted octanol–water partition coefficient (Wildman–Crippen LogP) is 6.30. The molecule has 0 radical (unpaired) electrons. The zero-order valence-electron chi connectivity index (χ0n) is 15.6. The number of rotatable bonds is 7. The molecular weight excluding hydrogens is 284 g/mol. The molecule has 2 unspecified atom stereocenters. The lowest BCUT2D eigenvalue weighted by molar-refractivity contribution is -0.182. The summed E-state index contributed by atoms with van der Waals surface area (Å²) in [7, 11) is 0. The monoisotopic (exact) mass is 318 g/mol. The van der Waals surface area contributed by atoms with E-state index in [2.05, 4.69) is 58.9 Å². The second-order valence-electron chi connectivity index (χ2n) is 7.73. The molecule has 23 heavy (non-hydrogen) atoms. The van der Waals surface area contributed by atoms with Crippen LogP contribution in [0.2, 0.25) is 0 Å². The maximum atomic E-state index is 6.31. The summed E-state index contributed by atoms with van der Waals surface area (Å²) in [6, 6.07) is 8.59. The molecule has 0 amide bonds. The minimum absolute atomic E-state index is 0.123. The van der Waals surface area contributed by atoms with Crippen molar-refractivity contribution >= 4 is 0 Å². The zero-order valence-corrected chi connectivity index (χ0v) is 15.6. The average molecular weight is 319 g/mol. The molecular formula is C21H34O2. The molecule has 1 aromatic carbocycles. The van der Waals surface area contributed by atoms with Gasteiger partial charge in [-0.05, 0) is 56.7 Å². The zero-order chi connectivity index (χ0) is 16.9. The predicted molar refractivity (Wildman–Crippen MR) is 97.0 cm³/mol. The van der Waals surface area contributed by atoms with Crippen LogP contribution in [0.3, 0.4) is 0 Å². The summed E-state index contributed by atoms with van der Waals surface area (Å²) in [4.78, 5) is 0. The van der Waals surface area contributed by atoms with Crippen molar-refractivity contribution in [1.29, 1.82) is 0 Å². The molecule has 1 aliphatic carbocycles. The number of hydrogen-bond donors (Lipinski definition) is 0. The van der Waals surface area contributed by atoms with E-state index in [1.54, 1.807) is 0 Å². The van der Waals surface area contributed by atoms with E-state index in [9.17, 15) is 0 Å². The van der Waals surface area contributed by atoms with Crippen LogP contribution in [-0.2, 0) is 4.74 Å². The third-order valence-corrected chi connectivity index (χ3v) is 5.27. The molecule has 0 spiro atoms. The smallest absolute Gasteiger partial charge is 0.205 e. The quantitative estimate of drug-likeness (QED) is 0.549. The summed E-state index contributed by atoms with van der Waals surface area (Å²) in [5.74, 6) is 1.53. The maximum Gasteiger partial charge on any atom is 0.205 e. The van der Waals surface area contributed by atoms with E-state index in [1.165, 1.54) is 37.7 Å². The van der Waals surface area contributed by atoms with Gasteiger partial charge >= 0.3 is 0 Å². The second kappa shape index (κ2) is 8.19. The fourth-order valence-electron chi connectivity index (χ4n) is 3.41. The van der Waals surface area contributed by atoms with Crippen molar-refractivity contribution in [3.8, 4) is 5.75 Å². The van der Waals surface area contributed by atoms with Crippen LogP contribution in [-0.4, -0.2) is 12.4 Å². The molecule has 2 rings (SSSR count). The lowest BCUT2D eigenvalue weighted by Gasteiger charge is -2.40. The number of hydrogen-bond acceptors (Lipinski definition) is 2. The molecule has 2 heteroatoms. The Morgan fingerprint density at radius 1 is 1.00 bits per heavy atom. The first kappa shape index (κ1) is 18.3. The van der Waals surface area contributed by atoms with Crippen LogP contribution in [0.4, 0.5) is 0 Å². The lowest BCUT2D eigenvalue weighted by Crippen LogP contribution is -2.42. The van der Waals surface area contributed by atoms with E-state index in [0.29, 0.717) is 5.92 Å². The molecule has 1 aliphatic rings. The van der Waals surface area contributed by atoms with E-state index in [-0.39, 0.29) is 17.8 Å². The lowest BCUT2D eigenvalue weighted by atomic mass is 9.75. The van der Waals surface area contributed by atoms with Crippen molar-refractivity contribution in [2.45, 2.75) is 91.5 Å². The molecule has 1 saturated carbocycles. The molecule has 130 valence electrons. The van der Waals surface area contributed by atoms with E-state index < -0.39 is 0 Å². The van der Waals surface area contributed by atoms with E-state index in [4.69, 9.17) is 9.47 Å². The van der Waals surface area contributed by atoms with Gasteiger partial charge in [-0.2, -0.15) is 0 Å². The topological polar surface area (TPSA) is 18.5 Å². The van der Waals surface area contributed by atoms with Gasteiger partial charge in [-0.25, -0.2) is 0 Å². The highest BCUT2D eigenvalue weighted by atomic mass is 16.7. The van der Waals surface area contributed by atoms with Crippen LogP contribution >= 0.6 is 0 Å². The fraction of sp³-hybridized carbons (Fsp3) is 0.714. The van der Waals surface area contributed by atoms with Gasteiger partial charge in [-0.15, -0.1) is 0 Å². The maximum absolute atomic E-state index is 6.31. The van der Waals surface area contributed by atoms with Crippen LogP contribution in [0, 0.1) is 5.41 Å². The van der Waals surface area contributed by atoms with Gasteiger partial charge in [-0.1, -0.05) is 52.2 Å². The average Bonchev–Trinajstić information content (AvgIpc) is 2.54. The van der Waals surface area contributed by atoms with Gasteiger partial charge < -0.3 is 9.47 Å². The van der Waals surface area contributed by atoms with E-state index >= 15 is 0 Å². The highest BCUT2D eigenvalue weighted by molar-refractivity contribution is 5.29. The highest BCUT2D eigenvalue weighted by Gasteiger charge is 2.38. The molecule has 0 heterocycles. The molecule has 1 aromatic rings. The summed E-state index contributed by atoms with van der Waals surface area (Å²) in [5.41, 5.74) is 1.50. The van der Waals surface area contributed by atoms with Crippen molar-refractivity contribution in [2.75, 3.05) is 0 Å². The largest absolute Gasteiger partial charge is 0.464 e. The SMILES string of the molecule is CCC(C)c1ccc(OC(OC(C)C)C2(C)CCCCC2)cc1. The Morgan fingerprint density at radius 2 is 1.61 bits per heavy atom. The third-order valence-electron chi connectivity index (χ3n) is 5.27. The minimum Gasteiger partial charge on any atom is -0.464 e. The van der Waals surface area contributed by atoms with Gasteiger partial charge in [0.15, 0.2) is 0 Å². The Kier molecular flexibility index (Phi) is 6.52. The normalized spacial score (nSPS) is 20.3. The number of ether oxygens (including phenoxy) is 2. The first-order valence-electron chi connectivity index (χ1n) is 9.36. The van der Waals surface area contributed by atoms with Crippen molar-refractivity contribution in [3.05, 3.63) is 29.8 Å². The van der Waals surface area contributed by atoms with Crippen molar-refractivity contribution in [3.63, 3.8) is 0 Å². The Balaban J connectivity index is 2.10. The molecule has 0 aliphatic heterocycles. The van der Waals surface area contributed by atoms with Gasteiger partial charge in [0.25, 0.3) is 0 Å². The summed E-state index contributed by atoms with van der Waals surface area (Å²) >= 11 is 0. The van der Waals surface area contributed by atoms with E-state index in [1.807, 2.05) is 0 Å². The summed E-state index contributed by atoms with van der Waals surface area (Å²) in [5, 5.41) is 0. The van der Waals surface area contributed by atoms with Crippen LogP contribution in [0.25, 0.3) is 0 Å². The van der Waals surface area contributed by atoms with Gasteiger partial charge in [-0.3, -0.25) is 0 Å². The Bertz CT molecular complexity index is 457. The molecule has 2 nitrogen and oxygen atoms in total. The Hall–Kier alpha value is -1.02. The first-order chi connectivity index (χ1) is 10.9. The molecule has 0 aromatic heterocycles. The molecule has 1 fully saturated rings. The second-order valence-corrected chi connectivity index (χ2v) is 7.73. The van der Waals surface area contributed by atoms with Gasteiger partial charge in [0.1, 0.15) is 5.75 Å². The first-order valence-corrected chi connectivity index (χ1v) is 9.36. The molecule has 0 N–H and O–H groups in total. The van der Waals surface area contributed by atoms with Crippen LogP contribution in [0.5, 0.6) is 5.75 Å². The Morgan fingerprint density at radius 3 is 2.13 bits per heavy atom. The van der Waals surface area contributed by atoms with Gasteiger partial charge in [0.2, 0.25) is 6.29 Å². The van der Waals surface area contributed by atoms with E-state index in [0.717, 1.165) is 12.2 Å². The summed E-state index contributed by atoms with van der Waals surface area (Å²) < 4.78 is 12.5. The molecule has 0 saturated heterocycles. The van der Waals surface area contributed by atoms with Crippen molar-refractivity contribution in [2.24, 2.45) is 5.41 Å². The van der Waals surface area contributed by atoms with Crippen LogP contribution in [0.15, 0.2) is 24.3 Å². The van der Waals surface area contributed by atoms with Crippen LogP contribution < -0.4 is 4.74 Å². The summed E-state index contributed by atoms with van der Waals surface area (Å²) in [6.45, 7) is 11.0. The van der Waals surface area contributed by atoms with Gasteiger partial charge in [0, 0.05) is 5.41 Å². The standard InChI is InChI=1S/C21H34O2/c1-6-17(4)18-10-12-19(13-11-18)23-20(22-16(2)3)21(5)14-8-7-9-15-21/h10-13,16-17,20H,6-9,14-15H2,1-5H3. The molecule has 2 atom stereocenters. The summed E-state index contributed by atoms with van der Waals surface area (Å²) in [6.07, 6.45) is 7.47. The fourth-order valence-corrected chi connectivity index (χ4v) is 3.41. The minimum atomic E-state index is -0.155. The van der Waals surface area contributed by atoms with Crippen LogP contribution in [0.1, 0.15) is 84.6 Å². The highest BCUT2D eigenvalue weighted by Crippen LogP contribution is 2.41. The molecule has 0 bridgehead atoms. The van der Waals surface area contributed by atoms with Gasteiger partial charge in [0.05, 0.1) is 6.10 Å². The third kappa shape index (κ3) is 4.97. The van der Waals surface area contributed by atoms with Crippen molar-refractivity contribution in [1.82, 2.24) is 0 Å². The van der Waals surface area contributed by atoms with Crippen molar-refractivity contribution < 1.29 is 9.47 Å². The number of benzene rings is 1. The Labute approximate surface area is 142 Å².